The molecule has 0 bridgehead atoms. The Labute approximate surface area is 114 Å². The van der Waals surface area contributed by atoms with Gasteiger partial charge in [-0.25, -0.2) is 13.8 Å². The van der Waals surface area contributed by atoms with Crippen molar-refractivity contribution in [3.8, 4) is 0 Å². The summed E-state index contributed by atoms with van der Waals surface area (Å²) in [6.07, 6.45) is 6.49. The number of benzene rings is 1. The van der Waals surface area contributed by atoms with Crippen LogP contribution in [0.25, 0.3) is 0 Å². The first-order valence-electron chi connectivity index (χ1n) is 6.46. The van der Waals surface area contributed by atoms with Crippen LogP contribution in [0.5, 0.6) is 0 Å². The van der Waals surface area contributed by atoms with Crippen LogP contribution in [0, 0.1) is 11.6 Å². The summed E-state index contributed by atoms with van der Waals surface area (Å²) in [5.41, 5.74) is 1.40. The number of rotatable bonds is 1. The van der Waals surface area contributed by atoms with Crippen LogP contribution in [0.1, 0.15) is 12.0 Å². The van der Waals surface area contributed by atoms with Gasteiger partial charge in [0.1, 0.15) is 11.4 Å². The number of nitrogens with one attached hydrogen (secondary N) is 1. The highest BCUT2D eigenvalue weighted by Gasteiger charge is 2.47. The van der Waals surface area contributed by atoms with Crippen LogP contribution in [0.3, 0.4) is 0 Å². The summed E-state index contributed by atoms with van der Waals surface area (Å²) < 4.78 is 27.3. The van der Waals surface area contributed by atoms with Gasteiger partial charge in [-0.15, -0.1) is 0 Å². The maximum atomic E-state index is 13.9. The first-order chi connectivity index (χ1) is 9.71. The number of hydrogen-bond donors (Lipinski definition) is 1. The molecular formula is C15H11F2N3. The summed E-state index contributed by atoms with van der Waals surface area (Å²) in [4.78, 5) is 9.06. The van der Waals surface area contributed by atoms with Crippen molar-refractivity contribution in [2.45, 2.75) is 12.0 Å². The molecule has 2 aliphatic heterocycles. The fraction of sp³-hybridized carbons (Fsp3) is 0.200. The van der Waals surface area contributed by atoms with Crippen molar-refractivity contribution in [1.82, 2.24) is 5.32 Å². The number of hydrogen-bond acceptors (Lipinski definition) is 3. The predicted octanol–water partition coefficient (Wildman–Crippen LogP) is 2.35. The molecule has 3 aliphatic rings. The monoisotopic (exact) mass is 271 g/mol. The molecule has 2 heterocycles. The second-order valence-electron chi connectivity index (χ2n) is 5.00. The molecule has 0 saturated carbocycles. The first kappa shape index (κ1) is 11.5. The molecule has 0 fully saturated rings. The van der Waals surface area contributed by atoms with E-state index in [0.717, 1.165) is 23.9 Å². The molecule has 0 radical (unpaired) electrons. The van der Waals surface area contributed by atoms with Crippen LogP contribution in [-0.4, -0.2) is 23.6 Å². The fourth-order valence-electron chi connectivity index (χ4n) is 2.91. The highest BCUT2D eigenvalue weighted by Crippen LogP contribution is 2.38. The van der Waals surface area contributed by atoms with Crippen molar-refractivity contribution in [3.05, 3.63) is 59.3 Å². The van der Waals surface area contributed by atoms with E-state index in [1.54, 1.807) is 0 Å². The molecule has 3 nitrogen and oxygen atoms in total. The molecule has 1 aromatic rings. The van der Waals surface area contributed by atoms with Gasteiger partial charge in [-0.3, -0.25) is 4.99 Å². The molecule has 1 atom stereocenters. The minimum Gasteiger partial charge on any atom is -0.341 e. The van der Waals surface area contributed by atoms with Crippen molar-refractivity contribution in [1.29, 1.82) is 0 Å². The van der Waals surface area contributed by atoms with Gasteiger partial charge in [0.15, 0.2) is 11.6 Å². The lowest BCUT2D eigenvalue weighted by atomic mass is 9.86. The number of amidine groups is 1. The van der Waals surface area contributed by atoms with Gasteiger partial charge in [0.2, 0.25) is 0 Å². The number of nitrogens with zero attached hydrogens (tertiary/aromatic N) is 2. The Balaban J connectivity index is 1.85. The quantitative estimate of drug-likeness (QED) is 0.836. The molecule has 20 heavy (non-hydrogen) atoms. The molecule has 0 saturated heterocycles. The van der Waals surface area contributed by atoms with E-state index in [9.17, 15) is 8.78 Å². The third kappa shape index (κ3) is 1.37. The zero-order valence-corrected chi connectivity index (χ0v) is 10.5. The third-order valence-corrected chi connectivity index (χ3v) is 3.90. The molecule has 1 unspecified atom stereocenters. The molecule has 1 spiro atoms. The minimum absolute atomic E-state index is 0.154. The Bertz CT molecular complexity index is 731. The molecule has 0 aromatic heterocycles. The Morgan fingerprint density at radius 1 is 1.25 bits per heavy atom. The first-order valence-corrected chi connectivity index (χ1v) is 6.46. The van der Waals surface area contributed by atoms with Crippen molar-refractivity contribution in [2.24, 2.45) is 9.98 Å². The molecule has 4 rings (SSSR count). The minimum atomic E-state index is -0.876. The van der Waals surface area contributed by atoms with E-state index in [0.29, 0.717) is 12.4 Å². The van der Waals surface area contributed by atoms with Gasteiger partial charge in [-0.1, -0.05) is 12.1 Å². The summed E-state index contributed by atoms with van der Waals surface area (Å²) in [5, 5.41) is 3.11. The summed E-state index contributed by atoms with van der Waals surface area (Å²) in [7, 11) is 0. The Kier molecular flexibility index (Phi) is 2.22. The van der Waals surface area contributed by atoms with Gasteiger partial charge in [-0.05, 0) is 24.3 Å². The maximum Gasteiger partial charge on any atom is 0.169 e. The van der Waals surface area contributed by atoms with Crippen LogP contribution < -0.4 is 5.32 Å². The van der Waals surface area contributed by atoms with Gasteiger partial charge in [-0.2, -0.15) is 0 Å². The van der Waals surface area contributed by atoms with Gasteiger partial charge in [0.05, 0.1) is 17.0 Å². The average Bonchev–Trinajstić information content (AvgIpc) is 3.02. The molecule has 0 amide bonds. The second-order valence-corrected chi connectivity index (χ2v) is 5.00. The van der Waals surface area contributed by atoms with Crippen LogP contribution in [-0.2, 0) is 0 Å². The van der Waals surface area contributed by atoms with E-state index in [4.69, 9.17) is 0 Å². The largest absolute Gasteiger partial charge is 0.341 e. The van der Waals surface area contributed by atoms with E-state index in [-0.39, 0.29) is 5.56 Å². The summed E-state index contributed by atoms with van der Waals surface area (Å²) in [6, 6.07) is 4.11. The Morgan fingerprint density at radius 2 is 2.15 bits per heavy atom. The Hall–Kier alpha value is -2.30. The highest BCUT2D eigenvalue weighted by atomic mass is 19.2. The molecule has 5 heteroatoms. The smallest absolute Gasteiger partial charge is 0.169 e. The molecule has 1 aliphatic carbocycles. The lowest BCUT2D eigenvalue weighted by molar-refractivity contribution is 0.507. The SMILES string of the molecule is Fc1cccc(C2=NC34CCN=C3C=CC=C4N2)c1F. The van der Waals surface area contributed by atoms with Gasteiger partial charge in [0, 0.05) is 13.0 Å². The van der Waals surface area contributed by atoms with E-state index in [1.807, 2.05) is 18.2 Å². The van der Waals surface area contributed by atoms with Gasteiger partial charge in [0.25, 0.3) is 0 Å². The molecular weight excluding hydrogens is 260 g/mol. The predicted molar refractivity (Wildman–Crippen MR) is 72.9 cm³/mol. The van der Waals surface area contributed by atoms with Crippen LogP contribution in [0.4, 0.5) is 8.78 Å². The highest BCUT2D eigenvalue weighted by molar-refractivity contribution is 6.14. The third-order valence-electron chi connectivity index (χ3n) is 3.90. The molecule has 1 aromatic carbocycles. The topological polar surface area (TPSA) is 36.8 Å². The van der Waals surface area contributed by atoms with Gasteiger partial charge >= 0.3 is 0 Å². The second kappa shape index (κ2) is 3.85. The van der Waals surface area contributed by atoms with E-state index < -0.39 is 17.2 Å². The fourth-order valence-corrected chi connectivity index (χ4v) is 2.91. The normalized spacial score (nSPS) is 26.4. The number of allylic oxidation sites excluding steroid dienone is 2. The lowest BCUT2D eigenvalue weighted by Crippen LogP contribution is -2.36. The van der Waals surface area contributed by atoms with Crippen LogP contribution in [0.2, 0.25) is 0 Å². The molecule has 1 N–H and O–H groups in total. The zero-order valence-electron chi connectivity index (χ0n) is 10.5. The van der Waals surface area contributed by atoms with Crippen molar-refractivity contribution >= 4 is 11.5 Å². The number of aliphatic imine (C=N–C) groups is 2. The lowest BCUT2D eigenvalue weighted by Gasteiger charge is -2.24. The van der Waals surface area contributed by atoms with Crippen molar-refractivity contribution < 1.29 is 8.78 Å². The standard InChI is InChI=1S/C15H11F2N3/c16-10-4-1-3-9(13(10)17)14-19-12-6-2-5-11-15(12,20-14)7-8-18-11/h1-6H,7-8H2,(H,19,20). The average molecular weight is 271 g/mol. The van der Waals surface area contributed by atoms with E-state index >= 15 is 0 Å². The summed E-state index contributed by atoms with van der Waals surface area (Å²) in [6.45, 7) is 0.696. The van der Waals surface area contributed by atoms with Crippen molar-refractivity contribution in [3.63, 3.8) is 0 Å². The Morgan fingerprint density at radius 3 is 3.05 bits per heavy atom. The zero-order chi connectivity index (χ0) is 13.7. The van der Waals surface area contributed by atoms with Crippen LogP contribution >= 0.6 is 0 Å². The maximum absolute atomic E-state index is 13.9. The summed E-state index contributed by atoms with van der Waals surface area (Å²) in [5.74, 6) is -1.38. The van der Waals surface area contributed by atoms with Crippen molar-refractivity contribution in [2.75, 3.05) is 6.54 Å². The van der Waals surface area contributed by atoms with E-state index in [2.05, 4.69) is 15.3 Å². The van der Waals surface area contributed by atoms with E-state index in [1.165, 1.54) is 12.1 Å². The summed E-state index contributed by atoms with van der Waals surface area (Å²) >= 11 is 0. The van der Waals surface area contributed by atoms with Gasteiger partial charge < -0.3 is 5.32 Å². The number of halogens is 2. The van der Waals surface area contributed by atoms with Crippen LogP contribution in [0.15, 0.2) is 52.1 Å². The molecule has 100 valence electrons.